The summed E-state index contributed by atoms with van der Waals surface area (Å²) in [5.74, 6) is -0.462. The van der Waals surface area contributed by atoms with Crippen molar-refractivity contribution in [2.75, 3.05) is 4.90 Å². The molecule has 5 nitrogen and oxygen atoms in total. The lowest BCUT2D eigenvalue weighted by atomic mass is 10.1. The van der Waals surface area contributed by atoms with E-state index in [4.69, 9.17) is 21.0 Å². The first-order chi connectivity index (χ1) is 15.5. The Bertz CT molecular complexity index is 1530. The second-order valence-electron chi connectivity index (χ2n) is 7.38. The van der Waals surface area contributed by atoms with Crippen molar-refractivity contribution in [2.45, 2.75) is 13.5 Å². The van der Waals surface area contributed by atoms with Crippen molar-refractivity contribution >= 4 is 55.2 Å². The number of carbonyl (C=O) groups is 1. The van der Waals surface area contributed by atoms with Gasteiger partial charge in [0.15, 0.2) is 5.13 Å². The largest absolute Gasteiger partial charge is 0.422 e. The molecule has 0 fully saturated rings. The van der Waals surface area contributed by atoms with Crippen LogP contribution in [-0.4, -0.2) is 10.9 Å². The van der Waals surface area contributed by atoms with Gasteiger partial charge in [-0.2, -0.15) is 0 Å². The van der Waals surface area contributed by atoms with Crippen LogP contribution in [-0.2, 0) is 6.54 Å². The van der Waals surface area contributed by atoms with Gasteiger partial charge >= 0.3 is 5.63 Å². The molecule has 0 aliphatic heterocycles. The van der Waals surface area contributed by atoms with E-state index in [-0.39, 0.29) is 12.1 Å². The highest BCUT2D eigenvalue weighted by Gasteiger charge is 2.25. The fourth-order valence-corrected chi connectivity index (χ4v) is 4.73. The third-order valence-electron chi connectivity index (χ3n) is 5.27. The Hall–Kier alpha value is -3.48. The number of para-hydroxylation sites is 1. The van der Waals surface area contributed by atoms with Gasteiger partial charge in [0.1, 0.15) is 11.1 Å². The first kappa shape index (κ1) is 20.4. The highest BCUT2D eigenvalue weighted by Crippen LogP contribution is 2.34. The lowest BCUT2D eigenvalue weighted by Gasteiger charge is -2.19. The Kier molecular flexibility index (Phi) is 5.25. The van der Waals surface area contributed by atoms with Crippen LogP contribution in [0.5, 0.6) is 0 Å². The van der Waals surface area contributed by atoms with Gasteiger partial charge in [0, 0.05) is 10.4 Å². The molecule has 2 heterocycles. The monoisotopic (exact) mass is 460 g/mol. The molecular formula is C25H17ClN2O3S. The number of thiazole rings is 1. The molecule has 0 radical (unpaired) electrons. The minimum absolute atomic E-state index is 0.0337. The maximum absolute atomic E-state index is 13.6. The standard InChI is InChI=1S/C25H17ClN2O3S/c1-15-19(26)11-12-21-22(15)27-25(32-21)28(14-16-7-3-2-4-8-16)23(29)18-13-17-9-5-6-10-20(17)31-24(18)30/h2-13H,14H2,1H3. The van der Waals surface area contributed by atoms with Gasteiger partial charge in [-0.1, -0.05) is 71.5 Å². The molecule has 32 heavy (non-hydrogen) atoms. The maximum Gasteiger partial charge on any atom is 0.349 e. The number of fused-ring (bicyclic) bond motifs is 2. The third kappa shape index (κ3) is 3.68. The minimum atomic E-state index is -0.674. The lowest BCUT2D eigenvalue weighted by Crippen LogP contribution is -2.33. The second kappa shape index (κ2) is 8.22. The van der Waals surface area contributed by atoms with E-state index in [1.807, 2.05) is 55.5 Å². The van der Waals surface area contributed by atoms with Gasteiger partial charge in [-0.05, 0) is 42.3 Å². The number of carbonyl (C=O) groups excluding carboxylic acids is 1. The quantitative estimate of drug-likeness (QED) is 0.299. The molecule has 1 amide bonds. The molecule has 0 unspecified atom stereocenters. The molecule has 5 aromatic rings. The summed E-state index contributed by atoms with van der Waals surface area (Å²) < 4.78 is 6.32. The van der Waals surface area contributed by atoms with Gasteiger partial charge in [0.05, 0.1) is 16.8 Å². The number of hydrogen-bond donors (Lipinski definition) is 0. The van der Waals surface area contributed by atoms with Crippen LogP contribution in [0.1, 0.15) is 21.5 Å². The normalized spacial score (nSPS) is 11.2. The lowest BCUT2D eigenvalue weighted by molar-refractivity contribution is 0.0981. The number of rotatable bonds is 4. The number of nitrogens with zero attached hydrogens (tertiary/aromatic N) is 2. The van der Waals surface area contributed by atoms with Crippen molar-refractivity contribution in [1.29, 1.82) is 0 Å². The number of aromatic nitrogens is 1. The predicted molar refractivity (Wildman–Crippen MR) is 129 cm³/mol. The predicted octanol–water partition coefficient (Wildman–Crippen LogP) is 6.21. The van der Waals surface area contributed by atoms with Gasteiger partial charge in [0.25, 0.3) is 5.91 Å². The van der Waals surface area contributed by atoms with Crippen molar-refractivity contribution in [1.82, 2.24) is 4.98 Å². The van der Waals surface area contributed by atoms with Crippen molar-refractivity contribution in [3.63, 3.8) is 0 Å². The summed E-state index contributed by atoms with van der Waals surface area (Å²) in [6.07, 6.45) is 0. The average molecular weight is 461 g/mol. The van der Waals surface area contributed by atoms with Gasteiger partial charge < -0.3 is 4.42 Å². The van der Waals surface area contributed by atoms with Crippen LogP contribution in [0.4, 0.5) is 5.13 Å². The second-order valence-corrected chi connectivity index (χ2v) is 8.79. The number of hydrogen-bond acceptors (Lipinski definition) is 5. The van der Waals surface area contributed by atoms with Gasteiger partial charge in [-0.3, -0.25) is 9.69 Å². The van der Waals surface area contributed by atoms with Gasteiger partial charge in [-0.25, -0.2) is 9.78 Å². The third-order valence-corrected chi connectivity index (χ3v) is 6.72. The van der Waals surface area contributed by atoms with E-state index < -0.39 is 11.5 Å². The SMILES string of the molecule is Cc1c(Cl)ccc2sc(N(Cc3ccccc3)C(=O)c3cc4ccccc4oc3=O)nc12. The van der Waals surface area contributed by atoms with E-state index in [9.17, 15) is 9.59 Å². The molecule has 0 atom stereocenters. The Morgan fingerprint density at radius 3 is 2.62 bits per heavy atom. The zero-order valence-electron chi connectivity index (χ0n) is 17.0. The molecule has 0 saturated heterocycles. The highest BCUT2D eigenvalue weighted by molar-refractivity contribution is 7.22. The van der Waals surface area contributed by atoms with Crippen molar-refractivity contribution < 1.29 is 9.21 Å². The first-order valence-electron chi connectivity index (χ1n) is 9.95. The maximum atomic E-state index is 13.6. The van der Waals surface area contributed by atoms with Crippen molar-refractivity contribution in [3.05, 3.63) is 105 Å². The number of benzene rings is 3. The summed E-state index contributed by atoms with van der Waals surface area (Å²) in [5, 5.41) is 1.79. The molecule has 0 aliphatic carbocycles. The molecule has 0 spiro atoms. The Morgan fingerprint density at radius 1 is 1.06 bits per heavy atom. The summed E-state index contributed by atoms with van der Waals surface area (Å²) in [5.41, 5.74) is 2.24. The van der Waals surface area contributed by atoms with Crippen LogP contribution in [0, 0.1) is 6.92 Å². The minimum Gasteiger partial charge on any atom is -0.422 e. The molecule has 0 bridgehead atoms. The van der Waals surface area contributed by atoms with Crippen LogP contribution >= 0.6 is 22.9 Å². The van der Waals surface area contributed by atoms with E-state index >= 15 is 0 Å². The fourth-order valence-electron chi connectivity index (χ4n) is 3.55. The topological polar surface area (TPSA) is 63.4 Å². The molecule has 7 heteroatoms. The molecule has 2 aromatic heterocycles. The molecule has 0 saturated carbocycles. The van der Waals surface area contributed by atoms with Gasteiger partial charge in [-0.15, -0.1) is 0 Å². The fraction of sp³-hybridized carbons (Fsp3) is 0.0800. The van der Waals surface area contributed by atoms with Crippen LogP contribution in [0.2, 0.25) is 5.02 Å². The summed E-state index contributed by atoms with van der Waals surface area (Å²) in [6, 6.07) is 22.0. The summed E-state index contributed by atoms with van der Waals surface area (Å²) in [4.78, 5) is 32.6. The van der Waals surface area contributed by atoms with E-state index in [1.54, 1.807) is 24.3 Å². The number of anilines is 1. The van der Waals surface area contributed by atoms with Crippen LogP contribution in [0.3, 0.4) is 0 Å². The molecule has 0 N–H and O–H groups in total. The first-order valence-corrected chi connectivity index (χ1v) is 11.1. The summed E-state index contributed by atoms with van der Waals surface area (Å²) >= 11 is 7.65. The van der Waals surface area contributed by atoms with Crippen LogP contribution in [0.25, 0.3) is 21.2 Å². The van der Waals surface area contributed by atoms with Crippen molar-refractivity contribution in [3.8, 4) is 0 Å². The smallest absolute Gasteiger partial charge is 0.349 e. The van der Waals surface area contributed by atoms with Crippen LogP contribution in [0.15, 0.2) is 82.0 Å². The molecule has 5 rings (SSSR count). The summed E-state index contributed by atoms with van der Waals surface area (Å²) in [6.45, 7) is 2.16. The number of halogens is 1. The Morgan fingerprint density at radius 2 is 1.81 bits per heavy atom. The zero-order valence-corrected chi connectivity index (χ0v) is 18.6. The zero-order chi connectivity index (χ0) is 22.2. The Balaban J connectivity index is 1.65. The van der Waals surface area contributed by atoms with Crippen LogP contribution < -0.4 is 10.5 Å². The van der Waals surface area contributed by atoms with E-state index in [0.717, 1.165) is 21.3 Å². The summed E-state index contributed by atoms with van der Waals surface area (Å²) in [7, 11) is 0. The van der Waals surface area contributed by atoms with Gasteiger partial charge in [0.2, 0.25) is 0 Å². The molecular weight excluding hydrogens is 444 g/mol. The average Bonchev–Trinajstić information content (AvgIpc) is 3.24. The number of amides is 1. The molecule has 3 aromatic carbocycles. The van der Waals surface area contributed by atoms with E-state index in [2.05, 4.69) is 0 Å². The molecule has 0 aliphatic rings. The highest BCUT2D eigenvalue weighted by atomic mass is 35.5. The molecule has 158 valence electrons. The van der Waals surface area contributed by atoms with E-state index in [1.165, 1.54) is 16.2 Å². The Labute approximate surface area is 192 Å². The van der Waals surface area contributed by atoms with E-state index in [0.29, 0.717) is 21.1 Å². The van der Waals surface area contributed by atoms with Crippen molar-refractivity contribution in [2.24, 2.45) is 0 Å². The number of aryl methyl sites for hydroxylation is 1.